The van der Waals surface area contributed by atoms with Crippen molar-refractivity contribution < 1.29 is 14.7 Å². The molecule has 2 heterocycles. The molecule has 3 aromatic rings. The Bertz CT molecular complexity index is 1340. The van der Waals surface area contributed by atoms with Crippen LogP contribution in [0.25, 0.3) is 11.1 Å². The van der Waals surface area contributed by atoms with E-state index in [2.05, 4.69) is 31.2 Å². The second-order valence-electron chi connectivity index (χ2n) is 9.84. The molecular formula is C29H30N2O4. The Morgan fingerprint density at radius 1 is 1.03 bits per heavy atom. The quantitative estimate of drug-likeness (QED) is 0.522. The molecule has 1 amide bonds. The number of hydrogen-bond donors (Lipinski definition) is 1. The molecule has 1 saturated carbocycles. The lowest BCUT2D eigenvalue weighted by Crippen LogP contribution is -2.38. The van der Waals surface area contributed by atoms with Crippen LogP contribution in [-0.2, 0) is 9.59 Å². The van der Waals surface area contributed by atoms with Crippen LogP contribution in [0, 0.1) is 6.92 Å². The number of benzene rings is 2. The van der Waals surface area contributed by atoms with Crippen LogP contribution in [0.2, 0.25) is 0 Å². The Labute approximate surface area is 204 Å². The number of carbonyl (C=O) groups is 2. The van der Waals surface area contributed by atoms with Crippen molar-refractivity contribution in [3.8, 4) is 11.1 Å². The van der Waals surface area contributed by atoms with E-state index in [4.69, 9.17) is 0 Å². The van der Waals surface area contributed by atoms with Crippen molar-refractivity contribution in [2.24, 2.45) is 0 Å². The highest BCUT2D eigenvalue weighted by Crippen LogP contribution is 2.46. The molecule has 2 aromatic carbocycles. The molecule has 35 heavy (non-hydrogen) atoms. The molecule has 3 unspecified atom stereocenters. The van der Waals surface area contributed by atoms with Crippen molar-refractivity contribution in [2.75, 3.05) is 0 Å². The Morgan fingerprint density at radius 3 is 2.46 bits per heavy atom. The fourth-order valence-corrected chi connectivity index (χ4v) is 5.50. The first-order valence-electron chi connectivity index (χ1n) is 12.3. The highest BCUT2D eigenvalue weighted by molar-refractivity contribution is 5.84. The van der Waals surface area contributed by atoms with Crippen molar-refractivity contribution in [1.29, 1.82) is 0 Å². The number of aryl methyl sites for hydroxylation is 1. The van der Waals surface area contributed by atoms with E-state index in [1.165, 1.54) is 16.2 Å². The van der Waals surface area contributed by atoms with E-state index >= 15 is 0 Å². The Balaban J connectivity index is 1.58. The summed E-state index contributed by atoms with van der Waals surface area (Å²) < 4.78 is 1.46. The number of aromatic nitrogens is 1. The van der Waals surface area contributed by atoms with Gasteiger partial charge in [0, 0.05) is 18.3 Å². The van der Waals surface area contributed by atoms with Crippen LogP contribution in [0.1, 0.15) is 67.3 Å². The minimum absolute atomic E-state index is 0.192. The number of pyridine rings is 1. The van der Waals surface area contributed by atoms with Crippen molar-refractivity contribution in [2.45, 2.75) is 63.6 Å². The number of rotatable bonds is 7. The third-order valence-corrected chi connectivity index (χ3v) is 7.38. The lowest BCUT2D eigenvalue weighted by molar-refractivity contribution is -0.141. The molecule has 2 fully saturated rings. The molecule has 180 valence electrons. The van der Waals surface area contributed by atoms with Crippen molar-refractivity contribution >= 4 is 11.9 Å². The minimum atomic E-state index is -0.959. The first-order chi connectivity index (χ1) is 16.8. The van der Waals surface area contributed by atoms with Crippen molar-refractivity contribution in [1.82, 2.24) is 9.47 Å². The molecule has 6 heteroatoms. The van der Waals surface area contributed by atoms with Gasteiger partial charge in [0.05, 0.1) is 12.5 Å². The molecule has 2 aliphatic rings. The highest BCUT2D eigenvalue weighted by atomic mass is 16.4. The van der Waals surface area contributed by atoms with Gasteiger partial charge >= 0.3 is 5.97 Å². The Kier molecular flexibility index (Phi) is 6.05. The summed E-state index contributed by atoms with van der Waals surface area (Å²) in [4.78, 5) is 39.7. The second-order valence-corrected chi connectivity index (χ2v) is 9.84. The van der Waals surface area contributed by atoms with Crippen molar-refractivity contribution in [3.05, 3.63) is 93.9 Å². The molecule has 5 rings (SSSR count). The van der Waals surface area contributed by atoms with Gasteiger partial charge in [-0.25, -0.2) is 0 Å². The second kappa shape index (κ2) is 9.17. The number of nitrogens with zero attached hydrogens (tertiary/aromatic N) is 2. The topological polar surface area (TPSA) is 79.6 Å². The molecule has 1 aromatic heterocycles. The van der Waals surface area contributed by atoms with E-state index in [9.17, 15) is 19.5 Å². The Morgan fingerprint density at radius 2 is 1.77 bits per heavy atom. The summed E-state index contributed by atoms with van der Waals surface area (Å²) in [5.41, 5.74) is 5.29. The predicted octanol–water partition coefficient (Wildman–Crippen LogP) is 5.08. The Hall–Kier alpha value is -3.67. The summed E-state index contributed by atoms with van der Waals surface area (Å²) in [5, 5.41) is 9.80. The van der Waals surface area contributed by atoms with Gasteiger partial charge in [-0.1, -0.05) is 42.5 Å². The largest absolute Gasteiger partial charge is 0.481 e. The summed E-state index contributed by atoms with van der Waals surface area (Å²) in [6, 6.07) is 17.8. The predicted molar refractivity (Wildman–Crippen MR) is 134 cm³/mol. The van der Waals surface area contributed by atoms with Crippen LogP contribution in [0.15, 0.2) is 71.7 Å². The number of carboxylic acids is 1. The summed E-state index contributed by atoms with van der Waals surface area (Å²) in [5.74, 6) is -0.641. The molecule has 1 aliphatic carbocycles. The van der Waals surface area contributed by atoms with Crippen molar-refractivity contribution in [3.63, 3.8) is 0 Å². The van der Waals surface area contributed by atoms with E-state index in [-0.39, 0.29) is 23.9 Å². The SMILES string of the molecule is Cc1ccccc1-c1cc(C(CC(=O)O)N2C(=O)C(n3ccccc3=O)CC2C)ccc1C1CC1. The van der Waals surface area contributed by atoms with Crippen LogP contribution in [-0.4, -0.2) is 32.5 Å². The molecular weight excluding hydrogens is 440 g/mol. The lowest BCUT2D eigenvalue weighted by atomic mass is 9.89. The van der Waals surface area contributed by atoms with Crippen LogP contribution in [0.3, 0.4) is 0 Å². The van der Waals surface area contributed by atoms with E-state index in [1.807, 2.05) is 25.1 Å². The van der Waals surface area contributed by atoms with Gasteiger partial charge in [0.1, 0.15) is 6.04 Å². The van der Waals surface area contributed by atoms with Gasteiger partial charge in [-0.2, -0.15) is 0 Å². The first-order valence-corrected chi connectivity index (χ1v) is 12.3. The zero-order valence-electron chi connectivity index (χ0n) is 20.1. The highest BCUT2D eigenvalue weighted by Gasteiger charge is 2.43. The number of carbonyl (C=O) groups excluding carboxylic acids is 1. The van der Waals surface area contributed by atoms with Gasteiger partial charge in [-0.05, 0) is 79.0 Å². The van der Waals surface area contributed by atoms with Gasteiger partial charge in [-0.3, -0.25) is 14.4 Å². The average Bonchev–Trinajstić information content (AvgIpc) is 3.63. The minimum Gasteiger partial charge on any atom is -0.481 e. The maximum absolute atomic E-state index is 13.6. The molecule has 0 bridgehead atoms. The van der Waals surface area contributed by atoms with Crippen LogP contribution < -0.4 is 5.56 Å². The summed E-state index contributed by atoms with van der Waals surface area (Å²) >= 11 is 0. The van der Waals surface area contributed by atoms with Crippen LogP contribution >= 0.6 is 0 Å². The van der Waals surface area contributed by atoms with Crippen LogP contribution in [0.4, 0.5) is 0 Å². The summed E-state index contributed by atoms with van der Waals surface area (Å²) in [6.45, 7) is 4.02. The number of hydrogen-bond acceptors (Lipinski definition) is 3. The van der Waals surface area contributed by atoms with Gasteiger partial charge in [0.25, 0.3) is 5.56 Å². The van der Waals surface area contributed by atoms with E-state index in [0.29, 0.717) is 12.3 Å². The zero-order chi connectivity index (χ0) is 24.7. The van der Waals surface area contributed by atoms with Gasteiger partial charge in [-0.15, -0.1) is 0 Å². The van der Waals surface area contributed by atoms with Gasteiger partial charge in [0.2, 0.25) is 5.91 Å². The molecule has 0 spiro atoms. The van der Waals surface area contributed by atoms with E-state index in [0.717, 1.165) is 35.1 Å². The fourth-order valence-electron chi connectivity index (χ4n) is 5.50. The monoisotopic (exact) mass is 470 g/mol. The third-order valence-electron chi connectivity index (χ3n) is 7.38. The van der Waals surface area contributed by atoms with E-state index in [1.54, 1.807) is 23.2 Å². The molecule has 6 nitrogen and oxygen atoms in total. The first kappa shape index (κ1) is 23.1. The smallest absolute Gasteiger partial charge is 0.305 e. The lowest BCUT2D eigenvalue weighted by Gasteiger charge is -2.32. The maximum atomic E-state index is 13.6. The zero-order valence-corrected chi connectivity index (χ0v) is 20.1. The summed E-state index contributed by atoms with van der Waals surface area (Å²) in [7, 11) is 0. The van der Waals surface area contributed by atoms with Crippen LogP contribution in [0.5, 0.6) is 0 Å². The summed E-state index contributed by atoms with van der Waals surface area (Å²) in [6.07, 6.45) is 4.22. The van der Waals surface area contributed by atoms with Gasteiger partial charge < -0.3 is 14.6 Å². The number of likely N-dealkylation sites (tertiary alicyclic amines) is 1. The number of aliphatic carboxylic acids is 1. The molecule has 1 N–H and O–H groups in total. The molecule has 3 atom stereocenters. The number of carboxylic acid groups (broad SMARTS) is 1. The standard InChI is InChI=1S/C29H30N2O4/c1-18-7-3-4-8-22(18)24-16-21(12-13-23(24)20-10-11-20)25(17-28(33)34)31-19(2)15-26(29(31)35)30-14-6-5-9-27(30)32/h3-9,12-14,16,19-20,25-26H,10-11,15,17H2,1-2H3,(H,33,34). The molecule has 0 radical (unpaired) electrons. The molecule has 1 saturated heterocycles. The van der Waals surface area contributed by atoms with Gasteiger partial charge in [0.15, 0.2) is 0 Å². The molecule has 1 aliphatic heterocycles. The third kappa shape index (κ3) is 4.41. The average molecular weight is 471 g/mol. The fraction of sp³-hybridized carbons (Fsp3) is 0.345. The maximum Gasteiger partial charge on any atom is 0.305 e. The number of amides is 1. The normalized spacial score (nSPS) is 20.7. The van der Waals surface area contributed by atoms with E-state index < -0.39 is 18.1 Å².